The fourth-order valence-electron chi connectivity index (χ4n) is 3.75. The topological polar surface area (TPSA) is 114 Å². The Balaban J connectivity index is 0.000000454. The number of rotatable bonds is 7. The number of hydrogen-bond acceptors (Lipinski definition) is 9. The smallest absolute Gasteiger partial charge is 0.263 e. The Morgan fingerprint density at radius 1 is 1.11 bits per heavy atom. The van der Waals surface area contributed by atoms with E-state index >= 15 is 0 Å². The Morgan fingerprint density at radius 2 is 1.81 bits per heavy atom. The number of allylic oxidation sites excluding steroid dienone is 2. The van der Waals surface area contributed by atoms with Crippen LogP contribution in [0.2, 0.25) is 0 Å². The quantitative estimate of drug-likeness (QED) is 0.229. The van der Waals surface area contributed by atoms with Gasteiger partial charge in [-0.3, -0.25) is 4.18 Å². The van der Waals surface area contributed by atoms with Crippen molar-refractivity contribution in [2.75, 3.05) is 18.1 Å². The molecule has 0 saturated heterocycles. The number of anilines is 1. The van der Waals surface area contributed by atoms with Crippen molar-refractivity contribution in [2.24, 2.45) is 0 Å². The third-order valence-corrected chi connectivity index (χ3v) is 8.10. The zero-order valence-corrected chi connectivity index (χ0v) is 23.0. The van der Waals surface area contributed by atoms with Gasteiger partial charge in [-0.1, -0.05) is 30.0 Å². The van der Waals surface area contributed by atoms with Crippen LogP contribution in [0.5, 0.6) is 11.5 Å². The van der Waals surface area contributed by atoms with Crippen molar-refractivity contribution in [1.29, 1.82) is 0 Å². The summed E-state index contributed by atoms with van der Waals surface area (Å²) in [6, 6.07) is 11.1. The highest BCUT2D eigenvalue weighted by Gasteiger charge is 2.25. The monoisotopic (exact) mass is 550 g/mol. The minimum atomic E-state index is -4.42. The third-order valence-electron chi connectivity index (χ3n) is 5.35. The highest BCUT2D eigenvalue weighted by Crippen LogP contribution is 2.47. The van der Waals surface area contributed by atoms with Crippen molar-refractivity contribution < 1.29 is 31.9 Å². The van der Waals surface area contributed by atoms with Crippen molar-refractivity contribution in [1.82, 2.24) is 0 Å². The van der Waals surface area contributed by atoms with Crippen molar-refractivity contribution in [3.8, 4) is 11.5 Å². The molecular weight excluding hydrogens is 520 g/mol. The van der Waals surface area contributed by atoms with Crippen LogP contribution in [-0.2, 0) is 21.1 Å². The number of nitrogens with zero attached hydrogens (tertiary/aromatic N) is 2. The summed E-state index contributed by atoms with van der Waals surface area (Å²) >= 11 is 3.49. The maximum Gasteiger partial charge on any atom is 0.263 e. The van der Waals surface area contributed by atoms with E-state index in [0.29, 0.717) is 11.5 Å². The zero-order valence-electron chi connectivity index (χ0n) is 20.6. The number of aryl methyl sites for hydroxylation is 1. The summed E-state index contributed by atoms with van der Waals surface area (Å²) < 4.78 is 35.4. The lowest BCUT2D eigenvalue weighted by Crippen LogP contribution is -2.33. The van der Waals surface area contributed by atoms with Gasteiger partial charge in [-0.25, -0.2) is 8.42 Å². The predicted molar refractivity (Wildman–Crippen MR) is 144 cm³/mol. The van der Waals surface area contributed by atoms with Crippen LogP contribution in [0.3, 0.4) is 0 Å². The molecule has 194 valence electrons. The summed E-state index contributed by atoms with van der Waals surface area (Å²) in [5.74, 6) is 0.598. The Labute approximate surface area is 220 Å². The number of phenols is 2. The highest BCUT2D eigenvalue weighted by atomic mass is 32.3. The summed E-state index contributed by atoms with van der Waals surface area (Å²) in [6.45, 7) is 9.47. The van der Waals surface area contributed by atoms with E-state index in [1.807, 2.05) is 24.3 Å². The molecule has 4 rings (SSSR count). The molecule has 0 aliphatic carbocycles. The molecule has 36 heavy (non-hydrogen) atoms. The minimum absolute atomic E-state index is 0.0914. The largest absolute Gasteiger partial charge is 0.726 e. The van der Waals surface area contributed by atoms with Crippen LogP contribution >= 0.6 is 23.1 Å². The fourth-order valence-corrected chi connectivity index (χ4v) is 6.41. The Morgan fingerprint density at radius 3 is 2.39 bits per heavy atom. The molecule has 0 atom stereocenters. The maximum absolute atomic E-state index is 9.88. The fraction of sp³-hybridized carbons (Fsp3) is 0.320. The minimum Gasteiger partial charge on any atom is -0.726 e. The van der Waals surface area contributed by atoms with E-state index in [1.54, 1.807) is 35.2 Å². The van der Waals surface area contributed by atoms with E-state index in [2.05, 4.69) is 46.6 Å². The van der Waals surface area contributed by atoms with E-state index in [-0.39, 0.29) is 6.61 Å². The average molecular weight is 551 g/mol. The predicted octanol–water partition coefficient (Wildman–Crippen LogP) is 5.37. The summed E-state index contributed by atoms with van der Waals surface area (Å²) in [6.07, 6.45) is 5.44. The second-order valence-corrected chi connectivity index (χ2v) is 10.9. The molecule has 1 aliphatic heterocycles. The summed E-state index contributed by atoms with van der Waals surface area (Å²) in [4.78, 5) is 3.42. The van der Waals surface area contributed by atoms with E-state index in [9.17, 15) is 23.2 Å². The average Bonchev–Trinajstić information content (AvgIpc) is 3.33. The van der Waals surface area contributed by atoms with Gasteiger partial charge in [0, 0.05) is 23.6 Å². The zero-order chi connectivity index (χ0) is 26.5. The number of thioether (sulfide) groups is 1. The lowest BCUT2D eigenvalue weighted by atomic mass is 10.2. The molecule has 0 unspecified atom stereocenters. The SMILES string of the molecule is CCC(/C=C1\Sc2ccc(O)cc2N1CC)=C\c1sc2ccc(O)cc2[n+]1CC.CCOS(=O)(=O)[O-]. The number of hydrogen-bond donors (Lipinski definition) is 2. The standard InChI is InChI=1S/C23H24N2O2S2.C2H6O4S/c1-4-15(11-22-24(5-2)18-13-16(26)7-9-20(18)28-22)12-23-25(6-3)19-14-17(27)8-10-21(19)29-23;1-2-6-7(3,4)5/h7-14H,4-6H2,1-3H3,(H-,26,27);2H2,1H3,(H,3,4,5). The lowest BCUT2D eigenvalue weighted by Gasteiger charge is -2.18. The summed E-state index contributed by atoms with van der Waals surface area (Å²) in [5.41, 5.74) is 3.39. The third kappa shape index (κ3) is 6.80. The second kappa shape index (κ2) is 12.1. The highest BCUT2D eigenvalue weighted by molar-refractivity contribution is 8.03. The molecule has 1 aliphatic rings. The van der Waals surface area contributed by atoms with E-state index in [4.69, 9.17) is 0 Å². The van der Waals surface area contributed by atoms with Crippen LogP contribution in [0.4, 0.5) is 5.69 Å². The molecule has 8 nitrogen and oxygen atoms in total. The van der Waals surface area contributed by atoms with Crippen LogP contribution in [0.1, 0.15) is 39.1 Å². The first-order valence-corrected chi connectivity index (χ1v) is 14.5. The van der Waals surface area contributed by atoms with Crippen LogP contribution in [0.25, 0.3) is 16.3 Å². The van der Waals surface area contributed by atoms with Gasteiger partial charge in [0.15, 0.2) is 0 Å². The van der Waals surface area contributed by atoms with Gasteiger partial charge in [-0.15, -0.1) is 0 Å². The van der Waals surface area contributed by atoms with Crippen LogP contribution in [0.15, 0.2) is 58.0 Å². The van der Waals surface area contributed by atoms with Gasteiger partial charge in [-0.2, -0.15) is 4.57 Å². The maximum atomic E-state index is 9.88. The number of thiazole rings is 1. The molecule has 1 aromatic heterocycles. The first-order chi connectivity index (χ1) is 17.1. The molecule has 0 radical (unpaired) electrons. The van der Waals surface area contributed by atoms with Crippen molar-refractivity contribution in [3.05, 3.63) is 58.1 Å². The van der Waals surface area contributed by atoms with E-state index in [0.717, 1.165) is 30.7 Å². The van der Waals surface area contributed by atoms with Gasteiger partial charge in [0.2, 0.25) is 15.9 Å². The van der Waals surface area contributed by atoms with Crippen molar-refractivity contribution in [3.63, 3.8) is 0 Å². The number of benzene rings is 2. The van der Waals surface area contributed by atoms with Gasteiger partial charge in [0.05, 0.1) is 23.4 Å². The molecule has 3 aromatic rings. The number of phenolic OH excluding ortho intramolecular Hbond substituents is 2. The van der Waals surface area contributed by atoms with Crippen molar-refractivity contribution in [2.45, 2.75) is 45.6 Å². The number of aromatic nitrogens is 1. The Hall–Kier alpha value is -2.57. The van der Waals surface area contributed by atoms with Crippen LogP contribution in [-0.4, -0.2) is 36.3 Å². The van der Waals surface area contributed by atoms with Crippen molar-refractivity contribution >= 4 is 55.5 Å². The van der Waals surface area contributed by atoms with E-state index < -0.39 is 10.4 Å². The molecule has 0 amide bonds. The van der Waals surface area contributed by atoms with Gasteiger partial charge < -0.3 is 19.7 Å². The van der Waals surface area contributed by atoms with Gasteiger partial charge in [0.25, 0.3) is 5.01 Å². The first kappa shape index (κ1) is 28.0. The van der Waals surface area contributed by atoms with Gasteiger partial charge in [0.1, 0.15) is 22.7 Å². The van der Waals surface area contributed by atoms with E-state index in [1.165, 1.54) is 32.1 Å². The van der Waals surface area contributed by atoms with Gasteiger partial charge in [-0.05, 0) is 63.1 Å². The molecule has 2 N–H and O–H groups in total. The lowest BCUT2D eigenvalue weighted by molar-refractivity contribution is -0.665. The van der Waals surface area contributed by atoms with Crippen LogP contribution in [0, 0.1) is 0 Å². The molecule has 2 heterocycles. The van der Waals surface area contributed by atoms with Crippen LogP contribution < -0.4 is 9.47 Å². The Kier molecular flexibility index (Phi) is 9.42. The molecule has 11 heteroatoms. The molecule has 0 spiro atoms. The number of fused-ring (bicyclic) bond motifs is 2. The normalized spacial score (nSPS) is 14.8. The molecule has 0 bridgehead atoms. The first-order valence-electron chi connectivity index (χ1n) is 11.6. The molecule has 0 saturated carbocycles. The molecule has 0 fully saturated rings. The Bertz CT molecular complexity index is 1400. The summed E-state index contributed by atoms with van der Waals surface area (Å²) in [7, 11) is -4.42. The number of aromatic hydroxyl groups is 2. The second-order valence-electron chi connectivity index (χ2n) is 7.71. The molecule has 2 aromatic carbocycles. The summed E-state index contributed by atoms with van der Waals surface area (Å²) in [5, 5.41) is 22.1. The van der Waals surface area contributed by atoms with Gasteiger partial charge >= 0.3 is 0 Å². The molecular formula is C25H30N2O6S3.